The van der Waals surface area contributed by atoms with Gasteiger partial charge in [0.1, 0.15) is 5.82 Å². The number of fused-ring (bicyclic) bond motifs is 7. The molecule has 176 valence electrons. The molecule has 0 unspecified atom stereocenters. The molecule has 0 saturated carbocycles. The Morgan fingerprint density at radius 2 is 1.57 bits per heavy atom. The van der Waals surface area contributed by atoms with Gasteiger partial charge in [-0.05, 0) is 36.6 Å². The zero-order valence-corrected chi connectivity index (χ0v) is 20.5. The van der Waals surface area contributed by atoms with Crippen molar-refractivity contribution in [2.75, 3.05) is 0 Å². The van der Waals surface area contributed by atoms with Crippen molar-refractivity contribution in [3.05, 3.63) is 128 Å². The number of para-hydroxylation sites is 1. The molecule has 3 heterocycles. The Balaban J connectivity index is 1.76. The third-order valence-corrected chi connectivity index (χ3v) is 7.19. The zero-order chi connectivity index (χ0) is 24.9. The Morgan fingerprint density at radius 3 is 2.41 bits per heavy atom. The molecule has 0 saturated heterocycles. The predicted octanol–water partition coefficient (Wildman–Crippen LogP) is 8.23. The summed E-state index contributed by atoms with van der Waals surface area (Å²) in [4.78, 5) is 9.35. The fourth-order valence-electron chi connectivity index (χ4n) is 5.67. The minimum Gasteiger partial charge on any atom is -0.310 e. The molecule has 0 atom stereocenters. The number of pyridine rings is 1. The smallest absolute Gasteiger partial charge is 0.137 e. The fraction of sp³-hybridized carbons (Fsp3) is 0.0303. The summed E-state index contributed by atoms with van der Waals surface area (Å²) in [5.74, 6) is 0.903. The molecule has 37 heavy (non-hydrogen) atoms. The van der Waals surface area contributed by atoms with Gasteiger partial charge < -0.3 is 4.57 Å². The lowest BCUT2D eigenvalue weighted by atomic mass is 10.0. The molecule has 4 nitrogen and oxygen atoms in total. The summed E-state index contributed by atoms with van der Waals surface area (Å²) in [6, 6.07) is 27.8. The highest BCUT2D eigenvalue weighted by Gasteiger charge is 2.24. The van der Waals surface area contributed by atoms with Crippen LogP contribution >= 0.6 is 0 Å². The maximum absolute atomic E-state index is 4.76. The molecule has 7 rings (SSSR count). The molecule has 1 aliphatic carbocycles. The van der Waals surface area contributed by atoms with Crippen LogP contribution in [0.1, 0.15) is 6.92 Å². The van der Waals surface area contributed by atoms with Crippen molar-refractivity contribution in [3.63, 3.8) is 0 Å². The second-order valence-electron chi connectivity index (χ2n) is 9.17. The Hall–Kier alpha value is -4.96. The SMILES string of the molecule is C=CN=C1C=CC=C/C1=C(/C)n1c2c3ccccc3ccc2c2c1c1ccccc1n2-c1ccccn1. The van der Waals surface area contributed by atoms with Crippen LogP contribution in [0.4, 0.5) is 0 Å². The van der Waals surface area contributed by atoms with Crippen LogP contribution in [0.25, 0.3) is 55.1 Å². The number of aliphatic imine (C=N–C) groups is 1. The Labute approximate surface area is 214 Å². The molecule has 0 amide bonds. The summed E-state index contributed by atoms with van der Waals surface area (Å²) in [6.45, 7) is 6.03. The molecular formula is C33H24N4. The first-order chi connectivity index (χ1) is 18.3. The van der Waals surface area contributed by atoms with Crippen LogP contribution in [0.5, 0.6) is 0 Å². The molecule has 3 aromatic carbocycles. The molecule has 0 bridgehead atoms. The van der Waals surface area contributed by atoms with E-state index in [0.717, 1.165) is 33.8 Å². The molecule has 0 aliphatic heterocycles. The van der Waals surface area contributed by atoms with Crippen molar-refractivity contribution < 1.29 is 0 Å². The van der Waals surface area contributed by atoms with E-state index in [1.54, 1.807) is 6.20 Å². The van der Waals surface area contributed by atoms with Gasteiger partial charge in [-0.3, -0.25) is 9.56 Å². The first kappa shape index (κ1) is 21.3. The molecule has 0 spiro atoms. The maximum Gasteiger partial charge on any atom is 0.137 e. The number of benzene rings is 3. The lowest BCUT2D eigenvalue weighted by Gasteiger charge is -2.16. The average molecular weight is 477 g/mol. The first-order valence-electron chi connectivity index (χ1n) is 12.4. The van der Waals surface area contributed by atoms with E-state index in [-0.39, 0.29) is 0 Å². The topological polar surface area (TPSA) is 35.1 Å². The van der Waals surface area contributed by atoms with Gasteiger partial charge in [0.05, 0.1) is 27.8 Å². The van der Waals surface area contributed by atoms with Crippen LogP contribution in [0.2, 0.25) is 0 Å². The van der Waals surface area contributed by atoms with Crippen molar-refractivity contribution in [2.24, 2.45) is 4.99 Å². The number of hydrogen-bond donors (Lipinski definition) is 0. The summed E-state index contributed by atoms with van der Waals surface area (Å²) >= 11 is 0. The average Bonchev–Trinajstić information content (AvgIpc) is 3.47. The van der Waals surface area contributed by atoms with Crippen LogP contribution in [-0.2, 0) is 0 Å². The van der Waals surface area contributed by atoms with Crippen LogP contribution < -0.4 is 0 Å². The lowest BCUT2D eigenvalue weighted by Crippen LogP contribution is -2.06. The van der Waals surface area contributed by atoms with Gasteiger partial charge in [0.25, 0.3) is 0 Å². The van der Waals surface area contributed by atoms with E-state index in [2.05, 4.69) is 107 Å². The van der Waals surface area contributed by atoms with E-state index in [4.69, 9.17) is 4.98 Å². The number of hydrogen-bond acceptors (Lipinski definition) is 2. The van der Waals surface area contributed by atoms with Crippen LogP contribution in [0.3, 0.4) is 0 Å². The van der Waals surface area contributed by atoms with Crippen LogP contribution in [0.15, 0.2) is 133 Å². The van der Waals surface area contributed by atoms with Gasteiger partial charge >= 0.3 is 0 Å². The third-order valence-electron chi connectivity index (χ3n) is 7.19. The monoisotopic (exact) mass is 476 g/mol. The summed E-state index contributed by atoms with van der Waals surface area (Å²) in [5, 5.41) is 4.79. The molecule has 3 aromatic heterocycles. The van der Waals surface area contributed by atoms with Gasteiger partial charge in [0, 0.05) is 39.8 Å². The normalized spacial score (nSPS) is 16.0. The van der Waals surface area contributed by atoms with Gasteiger partial charge in [-0.25, -0.2) is 4.98 Å². The number of nitrogens with zero attached hydrogens (tertiary/aromatic N) is 4. The number of rotatable bonds is 3. The first-order valence-corrected chi connectivity index (χ1v) is 12.4. The Kier molecular flexibility index (Phi) is 4.79. The molecular weight excluding hydrogens is 452 g/mol. The summed E-state index contributed by atoms with van der Waals surface area (Å²) in [7, 11) is 0. The van der Waals surface area contributed by atoms with Crippen molar-refractivity contribution >= 4 is 55.0 Å². The van der Waals surface area contributed by atoms with Gasteiger partial charge in [-0.15, -0.1) is 0 Å². The largest absolute Gasteiger partial charge is 0.310 e. The summed E-state index contributed by atoms with van der Waals surface area (Å²) in [6.07, 6.45) is 11.7. The Morgan fingerprint density at radius 1 is 0.784 bits per heavy atom. The molecule has 6 aromatic rings. The van der Waals surface area contributed by atoms with Crippen molar-refractivity contribution in [1.29, 1.82) is 0 Å². The van der Waals surface area contributed by atoms with Gasteiger partial charge in [-0.2, -0.15) is 0 Å². The van der Waals surface area contributed by atoms with E-state index in [0.29, 0.717) is 0 Å². The van der Waals surface area contributed by atoms with Crippen molar-refractivity contribution in [1.82, 2.24) is 14.1 Å². The van der Waals surface area contributed by atoms with E-state index in [1.165, 1.54) is 32.6 Å². The predicted molar refractivity (Wildman–Crippen MR) is 156 cm³/mol. The van der Waals surface area contributed by atoms with E-state index in [1.807, 2.05) is 30.5 Å². The standard InChI is InChI=1S/C33H24N4/c1-3-34-28-16-8-6-13-24(28)22(2)36-31-25-14-5-4-12-23(25)19-20-27(31)33-32(36)26-15-7-9-17-29(26)37(33)30-18-10-11-21-35-30/h3-21H,1H2,2H3/b24-22+,34-28?. The second kappa shape index (κ2) is 8.32. The van der Waals surface area contributed by atoms with E-state index >= 15 is 0 Å². The molecule has 1 aliphatic rings. The third kappa shape index (κ3) is 3.09. The lowest BCUT2D eigenvalue weighted by molar-refractivity contribution is 1.08. The van der Waals surface area contributed by atoms with Gasteiger partial charge in [0.2, 0.25) is 0 Å². The van der Waals surface area contributed by atoms with E-state index < -0.39 is 0 Å². The Bertz CT molecular complexity index is 1990. The summed E-state index contributed by atoms with van der Waals surface area (Å²) in [5.41, 5.74) is 7.72. The van der Waals surface area contributed by atoms with Gasteiger partial charge in [-0.1, -0.05) is 85.5 Å². The van der Waals surface area contributed by atoms with Crippen molar-refractivity contribution in [3.8, 4) is 5.82 Å². The highest BCUT2D eigenvalue weighted by molar-refractivity contribution is 6.26. The highest BCUT2D eigenvalue weighted by atomic mass is 15.1. The minimum absolute atomic E-state index is 0.902. The zero-order valence-electron chi connectivity index (χ0n) is 20.5. The van der Waals surface area contributed by atoms with Gasteiger partial charge in [0.15, 0.2) is 0 Å². The van der Waals surface area contributed by atoms with Crippen molar-refractivity contribution in [2.45, 2.75) is 6.92 Å². The van der Waals surface area contributed by atoms with Crippen LogP contribution in [0, 0.1) is 0 Å². The number of aromatic nitrogens is 3. The second-order valence-corrected chi connectivity index (χ2v) is 9.17. The van der Waals surface area contributed by atoms with E-state index in [9.17, 15) is 0 Å². The molecule has 0 radical (unpaired) electrons. The molecule has 0 N–H and O–H groups in total. The molecule has 4 heteroatoms. The molecule has 0 fully saturated rings. The highest BCUT2D eigenvalue weighted by Crippen LogP contribution is 2.43. The fourth-order valence-corrected chi connectivity index (χ4v) is 5.67. The summed E-state index contributed by atoms with van der Waals surface area (Å²) < 4.78 is 4.72. The minimum atomic E-state index is 0.902. The maximum atomic E-state index is 4.76. The quantitative estimate of drug-likeness (QED) is 0.253. The number of allylic oxidation sites excluding steroid dienone is 6. The van der Waals surface area contributed by atoms with Crippen LogP contribution in [-0.4, -0.2) is 19.8 Å².